The molecule has 23 heteroatoms. The molecule has 9 unspecified atom stereocenters. The number of carbonyl (C=O) groups excluding carboxylic acids is 8. The van der Waals surface area contributed by atoms with Gasteiger partial charge >= 0.3 is 0 Å². The van der Waals surface area contributed by atoms with Gasteiger partial charge in [0.15, 0.2) is 17.3 Å². The molecule has 11 bridgehead atoms. The van der Waals surface area contributed by atoms with E-state index < -0.39 is 125 Å². The molecule has 9 atom stereocenters. The molecule has 10 rings (SSSR count). The number of fused-ring (bicyclic) bond motifs is 15. The Balaban J connectivity index is 1.38. The van der Waals surface area contributed by atoms with Gasteiger partial charge in [0, 0.05) is 22.6 Å². The number of ether oxygens (including phenoxy) is 3. The van der Waals surface area contributed by atoms with Gasteiger partial charge in [0.1, 0.15) is 71.1 Å². The van der Waals surface area contributed by atoms with Crippen molar-refractivity contribution in [1.82, 2.24) is 36.8 Å². The third-order valence-electron chi connectivity index (χ3n) is 15.2. The lowest BCUT2D eigenvalue weighted by Gasteiger charge is -2.32. The number of aryl methyl sites for hydroxylation is 2. The molecule has 0 aromatic heterocycles. The first-order chi connectivity index (χ1) is 39.2. The Labute approximate surface area is 478 Å². The molecule has 5 aliphatic rings. The molecule has 5 aliphatic heterocycles. The Morgan fingerprint density at radius 1 is 0.699 bits per heavy atom. The van der Waals surface area contributed by atoms with Gasteiger partial charge in [-0.15, -0.1) is 0 Å². The Morgan fingerprint density at radius 3 is 1.86 bits per heavy atom. The van der Waals surface area contributed by atoms with Crippen LogP contribution in [0.3, 0.4) is 0 Å². The standard InChI is InChI=1S/C60H68N8O15/c1-25(2)17-38(68(8)9)56(76)67-51-53(74)33-13-16-42(27(4)19-33)83-44-22-34-21-43(54(44)81-10)82-41-15-12-31(18-26(41)3)28(5)47-57(77)64-48(30(7)69)36-23-40(71)29(6)52(73)46(36)35-20-32(11-14-39(35)70)49(58(78)63-47)66-59(79)50(34)65-55(75)37(24-45(61)72)62-60(51)80/h11-16,18-23,25,28,37-38,47-51,53,70-71,73-74H,17,24H2,1-10H3,(H2,61,72)(H,62,80)(H,63,78)(H,64,77)(H,65,75)(H,66,79)(H,67,76). The van der Waals surface area contributed by atoms with Crippen molar-refractivity contribution in [3.05, 3.63) is 117 Å². The molecular weight excluding hydrogens is 1070 g/mol. The minimum atomic E-state index is -1.97. The van der Waals surface area contributed by atoms with Crippen LogP contribution in [0, 0.1) is 26.7 Å². The molecule has 83 heavy (non-hydrogen) atoms. The molecular formula is C60H68N8O15. The second-order valence-electron chi connectivity index (χ2n) is 21.9. The van der Waals surface area contributed by atoms with E-state index >= 15 is 14.4 Å². The summed E-state index contributed by atoms with van der Waals surface area (Å²) in [5, 5.41) is 62.5. The second-order valence-corrected chi connectivity index (χ2v) is 21.9. The number of ketones is 1. The third-order valence-corrected chi connectivity index (χ3v) is 15.2. The molecule has 0 saturated carbocycles. The van der Waals surface area contributed by atoms with Gasteiger partial charge in [-0.2, -0.15) is 0 Å². The number of hydrogen-bond acceptors (Lipinski definition) is 16. The van der Waals surface area contributed by atoms with Crippen molar-refractivity contribution in [2.24, 2.45) is 11.7 Å². The summed E-state index contributed by atoms with van der Waals surface area (Å²) in [6.07, 6.45) is -2.32. The van der Waals surface area contributed by atoms with Crippen LogP contribution in [0.25, 0.3) is 11.1 Å². The molecule has 23 nitrogen and oxygen atoms in total. The number of aromatic hydroxyl groups is 3. The lowest BCUT2D eigenvalue weighted by Crippen LogP contribution is -2.59. The van der Waals surface area contributed by atoms with E-state index in [0.29, 0.717) is 23.1 Å². The normalized spacial score (nSPS) is 22.1. The number of carbonyl (C=O) groups is 8. The zero-order valence-corrected chi connectivity index (χ0v) is 47.4. The number of nitrogens with two attached hydrogens (primary N) is 1. The number of Topliss-reactive ketones (excluding diaryl/α,β-unsaturated/α-hetero) is 1. The van der Waals surface area contributed by atoms with Crippen LogP contribution in [-0.4, -0.2) is 118 Å². The van der Waals surface area contributed by atoms with Gasteiger partial charge in [-0.1, -0.05) is 45.0 Å². The Bertz CT molecular complexity index is 3470. The van der Waals surface area contributed by atoms with E-state index in [1.54, 1.807) is 58.0 Å². The van der Waals surface area contributed by atoms with Crippen LogP contribution in [0.4, 0.5) is 0 Å². The number of benzene rings is 5. The van der Waals surface area contributed by atoms with Crippen LogP contribution < -0.4 is 51.8 Å². The van der Waals surface area contributed by atoms with Gasteiger partial charge in [-0.25, -0.2) is 0 Å². The zero-order chi connectivity index (χ0) is 60.6. The van der Waals surface area contributed by atoms with Gasteiger partial charge in [0.2, 0.25) is 47.1 Å². The zero-order valence-electron chi connectivity index (χ0n) is 47.4. The third kappa shape index (κ3) is 12.4. The van der Waals surface area contributed by atoms with E-state index in [2.05, 4.69) is 31.9 Å². The molecule has 12 N–H and O–H groups in total. The fourth-order valence-electron chi connectivity index (χ4n) is 10.6. The van der Waals surface area contributed by atoms with Gasteiger partial charge in [0.25, 0.3) is 0 Å². The van der Waals surface area contributed by atoms with Gasteiger partial charge in [-0.05, 0) is 142 Å². The molecule has 0 fully saturated rings. The van der Waals surface area contributed by atoms with Crippen molar-refractivity contribution >= 4 is 47.1 Å². The minimum Gasteiger partial charge on any atom is -0.508 e. The highest BCUT2D eigenvalue weighted by atomic mass is 16.5. The summed E-state index contributed by atoms with van der Waals surface area (Å²) < 4.78 is 19.2. The fraction of sp³-hybridized carbons (Fsp3) is 0.367. The molecule has 0 saturated heterocycles. The van der Waals surface area contributed by atoms with Gasteiger partial charge in [0.05, 0.1) is 19.6 Å². The van der Waals surface area contributed by atoms with Crippen LogP contribution in [0.15, 0.2) is 72.8 Å². The number of phenols is 3. The number of rotatable bonds is 9. The second kappa shape index (κ2) is 24.1. The molecule has 5 aromatic rings. The lowest BCUT2D eigenvalue weighted by atomic mass is 9.86. The van der Waals surface area contributed by atoms with Crippen molar-refractivity contribution in [3.8, 4) is 57.1 Å². The van der Waals surface area contributed by atoms with Gasteiger partial charge < -0.3 is 72.3 Å². The maximum atomic E-state index is 15.7. The highest BCUT2D eigenvalue weighted by molar-refractivity contribution is 6.01. The molecule has 5 aromatic carbocycles. The minimum absolute atomic E-state index is 0.0183. The van der Waals surface area contributed by atoms with Crippen molar-refractivity contribution in [2.45, 2.75) is 116 Å². The van der Waals surface area contributed by atoms with E-state index in [9.17, 15) is 44.4 Å². The SMILES string of the molecule is COc1c2cc3cc1Oc1ccc(cc1C)C(O)C(NC(=O)C(CC(C)C)N(C)C)C(=O)NC(CC(N)=O)C(=O)NC3C(=O)NC1C(=O)NC(C(=O)NC(C(C)=O)c3cc(O)c(C)c(O)c3-c3cc1ccc3O)C(C)c1ccc(c(C)c1)O2. The summed E-state index contributed by atoms with van der Waals surface area (Å²) in [5.74, 6) is -10.1. The largest absolute Gasteiger partial charge is 0.508 e. The highest BCUT2D eigenvalue weighted by Crippen LogP contribution is 2.48. The van der Waals surface area contributed by atoms with Crippen molar-refractivity contribution in [1.29, 1.82) is 0 Å². The predicted molar refractivity (Wildman–Crippen MR) is 300 cm³/mol. The summed E-state index contributed by atoms with van der Waals surface area (Å²) in [7, 11) is 4.69. The summed E-state index contributed by atoms with van der Waals surface area (Å²) in [5.41, 5.74) is 6.46. The number of primary amides is 1. The smallest absolute Gasteiger partial charge is 0.248 e. The van der Waals surface area contributed by atoms with Crippen LogP contribution in [-0.2, 0) is 38.4 Å². The molecule has 5 heterocycles. The lowest BCUT2D eigenvalue weighted by molar-refractivity contribution is -0.138. The van der Waals surface area contributed by atoms with Crippen molar-refractivity contribution in [2.75, 3.05) is 21.2 Å². The van der Waals surface area contributed by atoms with Crippen LogP contribution >= 0.6 is 0 Å². The Kier molecular flexibility index (Phi) is 17.4. The van der Waals surface area contributed by atoms with E-state index in [0.717, 1.165) is 0 Å². The van der Waals surface area contributed by atoms with E-state index in [-0.39, 0.29) is 73.6 Å². The Morgan fingerprint density at radius 2 is 1.28 bits per heavy atom. The molecule has 0 radical (unpaired) electrons. The average molecular weight is 1140 g/mol. The summed E-state index contributed by atoms with van der Waals surface area (Å²) in [4.78, 5) is 118. The Hall–Kier alpha value is -9.22. The maximum Gasteiger partial charge on any atom is 0.248 e. The monoisotopic (exact) mass is 1140 g/mol. The van der Waals surface area contributed by atoms with Gasteiger partial charge in [-0.3, -0.25) is 43.3 Å². The van der Waals surface area contributed by atoms with E-state index in [4.69, 9.17) is 19.9 Å². The molecule has 438 valence electrons. The average Bonchev–Trinajstić information content (AvgIpc) is 2.26. The molecule has 0 aliphatic carbocycles. The predicted octanol–water partition coefficient (Wildman–Crippen LogP) is 4.23. The number of phenolic OH excluding ortho intramolecular Hbond substituents is 3. The van der Waals surface area contributed by atoms with Crippen LogP contribution in [0.2, 0.25) is 0 Å². The number of aliphatic hydroxyl groups excluding tert-OH is 1. The topological polar surface area (TPSA) is 347 Å². The first kappa shape index (κ1) is 59.9. The number of nitrogens with one attached hydrogen (secondary N) is 6. The highest BCUT2D eigenvalue weighted by Gasteiger charge is 2.41. The quantitative estimate of drug-likeness (QED) is 0.0983. The summed E-state index contributed by atoms with van der Waals surface area (Å²) >= 11 is 0. The first-order valence-electron chi connectivity index (χ1n) is 26.8. The van der Waals surface area contributed by atoms with Crippen molar-refractivity contribution < 1.29 is 73.0 Å². The number of aliphatic hydroxyl groups is 1. The van der Waals surface area contributed by atoms with Crippen molar-refractivity contribution in [3.63, 3.8) is 0 Å². The number of hydrogen-bond donors (Lipinski definition) is 11. The summed E-state index contributed by atoms with van der Waals surface area (Å²) in [6, 6.07) is 5.55. The van der Waals surface area contributed by atoms with E-state index in [1.807, 2.05) is 13.8 Å². The van der Waals surface area contributed by atoms with Crippen LogP contribution in [0.5, 0.6) is 46.0 Å². The number of amides is 7. The number of likely N-dealkylation sites (N-methyl/N-ethyl adjacent to an activating group) is 1. The summed E-state index contributed by atoms with van der Waals surface area (Å²) in [6.45, 7) is 11.4. The van der Waals surface area contributed by atoms with E-state index in [1.165, 1.54) is 75.6 Å². The first-order valence-corrected chi connectivity index (χ1v) is 26.8. The fourth-order valence-corrected chi connectivity index (χ4v) is 10.6. The van der Waals surface area contributed by atoms with Crippen LogP contribution in [0.1, 0.15) is 115 Å². The number of methoxy groups -OCH3 is 1. The maximum absolute atomic E-state index is 15.7. The molecule has 0 spiro atoms. The molecule has 7 amide bonds. The number of nitrogens with zero attached hydrogens (tertiary/aromatic N) is 1.